The number of nitrogens with one attached hydrogen (secondary N) is 1. The van der Waals surface area contributed by atoms with Crippen LogP contribution in [0.25, 0.3) is 10.6 Å². The van der Waals surface area contributed by atoms with Crippen molar-refractivity contribution in [1.29, 1.82) is 0 Å². The zero-order valence-corrected chi connectivity index (χ0v) is 16.1. The van der Waals surface area contributed by atoms with Gasteiger partial charge in [0, 0.05) is 35.8 Å². The van der Waals surface area contributed by atoms with Gasteiger partial charge in [0.25, 0.3) is 5.91 Å². The Morgan fingerprint density at radius 1 is 1.15 bits per heavy atom. The van der Waals surface area contributed by atoms with E-state index in [4.69, 9.17) is 9.47 Å². The van der Waals surface area contributed by atoms with Gasteiger partial charge in [-0.3, -0.25) is 9.78 Å². The van der Waals surface area contributed by atoms with E-state index in [9.17, 15) is 4.79 Å². The van der Waals surface area contributed by atoms with E-state index in [1.54, 1.807) is 43.0 Å². The highest BCUT2D eigenvalue weighted by Crippen LogP contribution is 2.27. The molecule has 3 aromatic rings. The summed E-state index contributed by atoms with van der Waals surface area (Å²) in [6.07, 6.45) is 4.25. The van der Waals surface area contributed by atoms with Crippen LogP contribution in [-0.4, -0.2) is 36.1 Å². The Bertz CT molecular complexity index is 896. The number of rotatable bonds is 8. The lowest BCUT2D eigenvalue weighted by molar-refractivity contribution is -0.123. The highest BCUT2D eigenvalue weighted by molar-refractivity contribution is 7.15. The van der Waals surface area contributed by atoms with E-state index in [0.717, 1.165) is 27.6 Å². The molecule has 1 aromatic carbocycles. The molecular weight excluding hydrogens is 362 g/mol. The predicted molar refractivity (Wildman–Crippen MR) is 105 cm³/mol. The second kappa shape index (κ2) is 9.14. The van der Waals surface area contributed by atoms with Gasteiger partial charge >= 0.3 is 0 Å². The number of para-hydroxylation sites is 2. The summed E-state index contributed by atoms with van der Waals surface area (Å²) in [5.41, 5.74) is 2.05. The molecule has 0 aliphatic carbocycles. The molecule has 3 rings (SSSR count). The standard InChI is InChI=1S/C20H21N3O3S/c1-14-18(27-20(23-14)15-7-10-21-11-8-15)9-12-22-19(24)13-26-17-6-4-3-5-16(17)25-2/h3-8,10-11H,9,12-13H2,1-2H3,(H,22,24). The highest BCUT2D eigenvalue weighted by atomic mass is 32.1. The van der Waals surface area contributed by atoms with E-state index in [-0.39, 0.29) is 12.5 Å². The van der Waals surface area contributed by atoms with Gasteiger partial charge in [-0.15, -0.1) is 11.3 Å². The quantitative estimate of drug-likeness (QED) is 0.646. The molecule has 1 amide bonds. The van der Waals surface area contributed by atoms with Gasteiger partial charge in [-0.2, -0.15) is 0 Å². The number of methoxy groups -OCH3 is 1. The second-order valence-electron chi connectivity index (χ2n) is 5.80. The maximum absolute atomic E-state index is 12.0. The summed E-state index contributed by atoms with van der Waals surface area (Å²) in [4.78, 5) is 21.8. The number of pyridine rings is 1. The zero-order valence-electron chi connectivity index (χ0n) is 15.3. The Morgan fingerprint density at radius 2 is 1.89 bits per heavy atom. The maximum atomic E-state index is 12.0. The largest absolute Gasteiger partial charge is 0.493 e. The molecule has 0 aliphatic rings. The van der Waals surface area contributed by atoms with Crippen molar-refractivity contribution in [3.8, 4) is 22.1 Å². The van der Waals surface area contributed by atoms with Crippen LogP contribution in [0.2, 0.25) is 0 Å². The lowest BCUT2D eigenvalue weighted by Gasteiger charge is -2.10. The third-order valence-electron chi connectivity index (χ3n) is 3.92. The van der Waals surface area contributed by atoms with Crippen molar-refractivity contribution in [2.45, 2.75) is 13.3 Å². The molecule has 0 radical (unpaired) electrons. The van der Waals surface area contributed by atoms with E-state index in [0.29, 0.717) is 18.0 Å². The van der Waals surface area contributed by atoms with Crippen LogP contribution in [0.15, 0.2) is 48.8 Å². The summed E-state index contributed by atoms with van der Waals surface area (Å²) in [5.74, 6) is 0.988. The first kappa shape index (κ1) is 18.8. The number of ether oxygens (including phenoxy) is 2. The molecule has 1 N–H and O–H groups in total. The molecule has 2 aromatic heterocycles. The molecule has 140 valence electrons. The number of nitrogens with zero attached hydrogens (tertiary/aromatic N) is 2. The predicted octanol–water partition coefficient (Wildman–Crippen LogP) is 3.26. The fourth-order valence-corrected chi connectivity index (χ4v) is 3.59. The molecule has 0 unspecified atom stereocenters. The van der Waals surface area contributed by atoms with Crippen LogP contribution in [0.4, 0.5) is 0 Å². The Balaban J connectivity index is 1.48. The topological polar surface area (TPSA) is 73.3 Å². The number of thiazole rings is 1. The van der Waals surface area contributed by atoms with Gasteiger partial charge in [0.1, 0.15) is 5.01 Å². The fourth-order valence-electron chi connectivity index (χ4n) is 2.53. The first-order valence-corrected chi connectivity index (χ1v) is 9.38. The van der Waals surface area contributed by atoms with E-state index >= 15 is 0 Å². The third kappa shape index (κ3) is 5.04. The molecule has 0 bridgehead atoms. The third-order valence-corrected chi connectivity index (χ3v) is 5.19. The zero-order chi connectivity index (χ0) is 19.1. The fraction of sp³-hybridized carbons (Fsp3) is 0.250. The van der Waals surface area contributed by atoms with Crippen molar-refractivity contribution in [3.05, 3.63) is 59.4 Å². The van der Waals surface area contributed by atoms with Crippen LogP contribution in [-0.2, 0) is 11.2 Å². The Kier molecular flexibility index (Phi) is 6.38. The van der Waals surface area contributed by atoms with Crippen molar-refractivity contribution < 1.29 is 14.3 Å². The molecule has 0 aliphatic heterocycles. The van der Waals surface area contributed by atoms with E-state index in [1.165, 1.54) is 0 Å². The summed E-state index contributed by atoms with van der Waals surface area (Å²) in [7, 11) is 1.57. The molecule has 2 heterocycles. The summed E-state index contributed by atoms with van der Waals surface area (Å²) in [6, 6.07) is 11.1. The summed E-state index contributed by atoms with van der Waals surface area (Å²) in [6.45, 7) is 2.47. The first-order chi connectivity index (χ1) is 13.2. The molecule has 27 heavy (non-hydrogen) atoms. The monoisotopic (exact) mass is 383 g/mol. The molecule has 0 saturated heterocycles. The number of hydrogen-bond donors (Lipinski definition) is 1. The number of amides is 1. The number of carbonyl (C=O) groups is 1. The minimum atomic E-state index is -0.169. The van der Waals surface area contributed by atoms with Gasteiger partial charge in [-0.1, -0.05) is 12.1 Å². The number of carbonyl (C=O) groups excluding carboxylic acids is 1. The summed E-state index contributed by atoms with van der Waals surface area (Å²) >= 11 is 1.64. The Hall–Kier alpha value is -2.93. The van der Waals surface area contributed by atoms with Crippen LogP contribution < -0.4 is 14.8 Å². The van der Waals surface area contributed by atoms with Crippen LogP contribution in [0.1, 0.15) is 10.6 Å². The average molecular weight is 383 g/mol. The van der Waals surface area contributed by atoms with E-state index in [1.807, 2.05) is 31.2 Å². The molecular formula is C20H21N3O3S. The molecule has 0 spiro atoms. The van der Waals surface area contributed by atoms with Gasteiger partial charge in [-0.05, 0) is 31.2 Å². The Labute approximate surface area is 162 Å². The first-order valence-electron chi connectivity index (χ1n) is 8.56. The SMILES string of the molecule is COc1ccccc1OCC(=O)NCCc1sc(-c2ccncc2)nc1C. The van der Waals surface area contributed by atoms with E-state index in [2.05, 4.69) is 15.3 Å². The van der Waals surface area contributed by atoms with Crippen LogP contribution in [0.3, 0.4) is 0 Å². The van der Waals surface area contributed by atoms with Crippen molar-refractivity contribution in [2.75, 3.05) is 20.3 Å². The number of aryl methyl sites for hydroxylation is 1. The highest BCUT2D eigenvalue weighted by Gasteiger charge is 2.11. The average Bonchev–Trinajstić information content (AvgIpc) is 3.08. The summed E-state index contributed by atoms with van der Waals surface area (Å²) in [5, 5.41) is 3.85. The second-order valence-corrected chi connectivity index (χ2v) is 6.89. The molecule has 0 fully saturated rings. The number of aromatic nitrogens is 2. The molecule has 0 saturated carbocycles. The van der Waals surface area contributed by atoms with Crippen LogP contribution in [0.5, 0.6) is 11.5 Å². The maximum Gasteiger partial charge on any atom is 0.257 e. The number of benzene rings is 1. The van der Waals surface area contributed by atoms with Gasteiger partial charge in [-0.25, -0.2) is 4.98 Å². The van der Waals surface area contributed by atoms with Gasteiger partial charge in [0.15, 0.2) is 18.1 Å². The van der Waals surface area contributed by atoms with Gasteiger partial charge in [0.2, 0.25) is 0 Å². The normalized spacial score (nSPS) is 10.4. The van der Waals surface area contributed by atoms with Crippen molar-refractivity contribution in [1.82, 2.24) is 15.3 Å². The van der Waals surface area contributed by atoms with E-state index < -0.39 is 0 Å². The number of hydrogen-bond acceptors (Lipinski definition) is 6. The lowest BCUT2D eigenvalue weighted by Crippen LogP contribution is -2.30. The van der Waals surface area contributed by atoms with Crippen molar-refractivity contribution in [3.63, 3.8) is 0 Å². The smallest absolute Gasteiger partial charge is 0.257 e. The summed E-state index contributed by atoms with van der Waals surface area (Å²) < 4.78 is 10.7. The molecule has 0 atom stereocenters. The molecule has 6 nitrogen and oxygen atoms in total. The van der Waals surface area contributed by atoms with Crippen molar-refractivity contribution >= 4 is 17.2 Å². The van der Waals surface area contributed by atoms with Crippen molar-refractivity contribution in [2.24, 2.45) is 0 Å². The lowest BCUT2D eigenvalue weighted by atomic mass is 10.3. The minimum Gasteiger partial charge on any atom is -0.493 e. The molecule has 7 heteroatoms. The van der Waals surface area contributed by atoms with Crippen LogP contribution >= 0.6 is 11.3 Å². The van der Waals surface area contributed by atoms with Crippen LogP contribution in [0, 0.1) is 6.92 Å². The Morgan fingerprint density at radius 3 is 2.63 bits per heavy atom. The van der Waals surface area contributed by atoms with Gasteiger partial charge in [0.05, 0.1) is 12.8 Å². The minimum absolute atomic E-state index is 0.0513. The van der Waals surface area contributed by atoms with Gasteiger partial charge < -0.3 is 14.8 Å².